The van der Waals surface area contributed by atoms with Crippen LogP contribution in [-0.4, -0.2) is 36.9 Å². The van der Waals surface area contributed by atoms with Gasteiger partial charge in [-0.25, -0.2) is 0 Å². The van der Waals surface area contributed by atoms with Crippen LogP contribution < -0.4 is 15.4 Å². The third-order valence-corrected chi connectivity index (χ3v) is 7.43. The van der Waals surface area contributed by atoms with Gasteiger partial charge in [0.05, 0.1) is 6.42 Å². The van der Waals surface area contributed by atoms with Crippen LogP contribution in [0, 0.1) is 0 Å². The highest BCUT2D eigenvalue weighted by Crippen LogP contribution is 2.30. The predicted octanol–water partition coefficient (Wildman–Crippen LogP) is 9.06. The molecule has 1 amide bonds. The van der Waals surface area contributed by atoms with Crippen molar-refractivity contribution in [1.29, 1.82) is 0 Å². The Morgan fingerprint density at radius 1 is 0.915 bits per heavy atom. The highest BCUT2D eigenvalue weighted by molar-refractivity contribution is 5.94. The number of hydrogen-bond acceptors (Lipinski definition) is 5. The Kier molecular flexibility index (Phi) is 12.0. The van der Waals surface area contributed by atoms with Gasteiger partial charge in [0.25, 0.3) is 5.91 Å². The molecule has 1 aromatic heterocycles. The van der Waals surface area contributed by atoms with Gasteiger partial charge >= 0.3 is 12.3 Å². The second-order valence-corrected chi connectivity index (χ2v) is 10.9. The number of amides is 1. The fourth-order valence-electron chi connectivity index (χ4n) is 5.06. The first-order valence-electron chi connectivity index (χ1n) is 15.3. The van der Waals surface area contributed by atoms with E-state index in [0.29, 0.717) is 12.0 Å². The first-order valence-corrected chi connectivity index (χ1v) is 15.3. The van der Waals surface area contributed by atoms with Crippen molar-refractivity contribution < 1.29 is 37.0 Å². The van der Waals surface area contributed by atoms with Crippen molar-refractivity contribution in [1.82, 2.24) is 5.32 Å². The van der Waals surface area contributed by atoms with E-state index in [1.807, 2.05) is 49.5 Å². The molecule has 0 bridgehead atoms. The summed E-state index contributed by atoms with van der Waals surface area (Å²) in [6.45, 7) is 2.11. The molecule has 4 aromatic carbocycles. The van der Waals surface area contributed by atoms with Crippen LogP contribution in [0.2, 0.25) is 0 Å². The van der Waals surface area contributed by atoms with Gasteiger partial charge < -0.3 is 24.9 Å². The minimum Gasteiger partial charge on any atom is -0.481 e. The molecule has 7 nitrogen and oxygen atoms in total. The van der Waals surface area contributed by atoms with Crippen LogP contribution in [0.1, 0.15) is 53.6 Å². The van der Waals surface area contributed by atoms with Crippen LogP contribution >= 0.6 is 0 Å². The Morgan fingerprint density at radius 2 is 1.60 bits per heavy atom. The number of carboxylic acid groups (broad SMARTS) is 1. The number of hydrogen-bond donors (Lipinski definition) is 3. The zero-order valence-corrected chi connectivity index (χ0v) is 26.1. The highest BCUT2D eigenvalue weighted by Gasteiger charge is 2.31. The van der Waals surface area contributed by atoms with E-state index in [9.17, 15) is 22.8 Å². The standard InChI is InChI=1S/C22H24F3NO4.C15H13NO/c1-2-3-18(14-15-4-10-19(11-5-15)30-22(23,24)25)16-6-8-17(9-7-16)21(29)26-13-12-20(27)28;1-16-13-8-6-11(7-9-13)15-10-12-4-2-3-5-14(12)17-15/h4-11,18H,2-3,12-14H2,1H3,(H,26,29)(H,27,28);2-10,16H,1H3/t18-;/m1./s1. The number of rotatable bonds is 12. The minimum absolute atomic E-state index is 0.0580. The van der Waals surface area contributed by atoms with Crippen LogP contribution in [0.4, 0.5) is 18.9 Å². The number of ether oxygens (including phenoxy) is 1. The molecule has 0 aliphatic rings. The molecule has 47 heavy (non-hydrogen) atoms. The number of para-hydroxylation sites is 1. The van der Waals surface area contributed by atoms with Gasteiger partial charge in [-0.3, -0.25) is 9.59 Å². The second kappa shape index (κ2) is 16.4. The second-order valence-electron chi connectivity index (χ2n) is 10.9. The monoisotopic (exact) mass is 646 g/mol. The number of carbonyl (C=O) groups excluding carboxylic acids is 1. The van der Waals surface area contributed by atoms with E-state index in [4.69, 9.17) is 9.52 Å². The summed E-state index contributed by atoms with van der Waals surface area (Å²) in [5.74, 6) is -0.514. The van der Waals surface area contributed by atoms with Crippen molar-refractivity contribution >= 4 is 28.5 Å². The van der Waals surface area contributed by atoms with E-state index < -0.39 is 12.3 Å². The molecule has 1 atom stereocenters. The third-order valence-electron chi connectivity index (χ3n) is 7.43. The average Bonchev–Trinajstić information content (AvgIpc) is 3.49. The number of alkyl halides is 3. The van der Waals surface area contributed by atoms with Gasteiger partial charge in [-0.2, -0.15) is 0 Å². The van der Waals surface area contributed by atoms with Crippen LogP contribution in [0.3, 0.4) is 0 Å². The molecule has 0 spiro atoms. The Balaban J connectivity index is 0.000000246. The summed E-state index contributed by atoms with van der Waals surface area (Å²) < 4.78 is 46.6. The maximum atomic E-state index is 12.3. The number of carbonyl (C=O) groups is 2. The average molecular weight is 647 g/mol. The summed E-state index contributed by atoms with van der Waals surface area (Å²) in [5.41, 5.74) is 5.48. The van der Waals surface area contributed by atoms with Gasteiger partial charge in [-0.05, 0) is 90.6 Å². The van der Waals surface area contributed by atoms with Crippen LogP contribution in [0.25, 0.3) is 22.3 Å². The topological polar surface area (TPSA) is 101 Å². The molecular formula is C37H37F3N2O5. The van der Waals surface area contributed by atoms with E-state index in [1.165, 1.54) is 12.1 Å². The molecule has 0 fully saturated rings. The van der Waals surface area contributed by atoms with Crippen LogP contribution in [-0.2, 0) is 11.2 Å². The molecule has 246 valence electrons. The first kappa shape index (κ1) is 34.6. The molecule has 5 aromatic rings. The van der Waals surface area contributed by atoms with Crippen LogP contribution in [0.15, 0.2) is 108 Å². The summed E-state index contributed by atoms with van der Waals surface area (Å²) in [7, 11) is 1.91. The molecule has 0 radical (unpaired) electrons. The number of fused-ring (bicyclic) bond motifs is 1. The lowest BCUT2D eigenvalue weighted by atomic mass is 9.88. The van der Waals surface area contributed by atoms with E-state index in [1.54, 1.807) is 24.3 Å². The molecule has 3 N–H and O–H groups in total. The SMILES string of the molecule is CCC[C@H](Cc1ccc(OC(F)(F)F)cc1)c1ccc(C(=O)NCCC(=O)O)cc1.CNc1ccc(-c2cc3ccccc3o2)cc1. The van der Waals surface area contributed by atoms with Crippen LogP contribution in [0.5, 0.6) is 5.75 Å². The molecule has 0 saturated heterocycles. The molecule has 0 saturated carbocycles. The quantitative estimate of drug-likeness (QED) is 0.125. The zero-order chi connectivity index (χ0) is 33.8. The molecule has 0 aliphatic heterocycles. The molecule has 0 aliphatic carbocycles. The summed E-state index contributed by atoms with van der Waals surface area (Å²) in [6, 6.07) is 31.3. The Bertz CT molecular complexity index is 1700. The number of halogens is 3. The van der Waals surface area contributed by atoms with E-state index in [0.717, 1.165) is 51.9 Å². The largest absolute Gasteiger partial charge is 0.573 e. The lowest BCUT2D eigenvalue weighted by molar-refractivity contribution is -0.274. The summed E-state index contributed by atoms with van der Waals surface area (Å²) in [5, 5.41) is 15.4. The number of anilines is 1. The van der Waals surface area contributed by atoms with Gasteiger partial charge in [-0.1, -0.05) is 55.8 Å². The molecule has 0 unspecified atom stereocenters. The number of furan rings is 1. The number of benzene rings is 4. The van der Waals surface area contributed by atoms with Gasteiger partial charge in [0, 0.05) is 35.8 Å². The number of carboxylic acids is 1. The van der Waals surface area contributed by atoms with E-state index >= 15 is 0 Å². The number of nitrogens with one attached hydrogen (secondary N) is 2. The molecule has 10 heteroatoms. The predicted molar refractivity (Wildman–Crippen MR) is 177 cm³/mol. The lowest BCUT2D eigenvalue weighted by Gasteiger charge is -2.18. The Labute approximate surface area is 271 Å². The fourth-order valence-corrected chi connectivity index (χ4v) is 5.06. The maximum Gasteiger partial charge on any atom is 0.573 e. The fraction of sp³-hybridized carbons (Fsp3) is 0.243. The van der Waals surface area contributed by atoms with Crippen molar-refractivity contribution in [2.45, 2.75) is 44.9 Å². The Hall–Kier alpha value is -5.25. The van der Waals surface area contributed by atoms with Gasteiger partial charge in [0.15, 0.2) is 0 Å². The molecular weight excluding hydrogens is 609 g/mol. The minimum atomic E-state index is -4.71. The van der Waals surface area contributed by atoms with Gasteiger partial charge in [0.1, 0.15) is 17.1 Å². The molecule has 5 rings (SSSR count). The summed E-state index contributed by atoms with van der Waals surface area (Å²) in [4.78, 5) is 22.6. The van der Waals surface area contributed by atoms with Crippen molar-refractivity contribution in [3.8, 4) is 17.1 Å². The van der Waals surface area contributed by atoms with Gasteiger partial charge in [-0.15, -0.1) is 13.2 Å². The molecule has 1 heterocycles. The van der Waals surface area contributed by atoms with Crippen molar-refractivity contribution in [2.24, 2.45) is 0 Å². The summed E-state index contributed by atoms with van der Waals surface area (Å²) >= 11 is 0. The van der Waals surface area contributed by atoms with Crippen molar-refractivity contribution in [2.75, 3.05) is 18.9 Å². The lowest BCUT2D eigenvalue weighted by Crippen LogP contribution is -2.25. The normalized spacial score (nSPS) is 11.7. The van der Waals surface area contributed by atoms with Crippen molar-refractivity contribution in [3.63, 3.8) is 0 Å². The number of aliphatic carboxylic acids is 1. The smallest absolute Gasteiger partial charge is 0.481 e. The van der Waals surface area contributed by atoms with E-state index in [2.05, 4.69) is 46.6 Å². The van der Waals surface area contributed by atoms with Gasteiger partial charge in [0.2, 0.25) is 0 Å². The maximum absolute atomic E-state index is 12.3. The Morgan fingerprint density at radius 3 is 2.19 bits per heavy atom. The first-order chi connectivity index (χ1) is 22.5. The zero-order valence-electron chi connectivity index (χ0n) is 26.1. The van der Waals surface area contributed by atoms with E-state index in [-0.39, 0.29) is 30.5 Å². The third kappa shape index (κ3) is 10.7. The van der Waals surface area contributed by atoms with Crippen molar-refractivity contribution in [3.05, 3.63) is 120 Å². The highest BCUT2D eigenvalue weighted by atomic mass is 19.4. The summed E-state index contributed by atoms with van der Waals surface area (Å²) in [6.07, 6.45) is -2.41.